The van der Waals surface area contributed by atoms with Crippen LogP contribution in [0.5, 0.6) is 0 Å². The number of rotatable bonds is 2. The molecule has 0 bridgehead atoms. The number of hydrogen-bond donors (Lipinski definition) is 0. The fourth-order valence-corrected chi connectivity index (χ4v) is 0.128. The molecule has 0 aliphatic rings. The monoisotopic (exact) mass is 79.1 g/mol. The van der Waals surface area contributed by atoms with Crippen LogP contribution in [-0.4, -0.2) is 44.7 Å². The summed E-state index contributed by atoms with van der Waals surface area (Å²) in [6, 6.07) is 0. The van der Waals surface area contributed by atoms with E-state index in [1.807, 2.05) is 0 Å². The van der Waals surface area contributed by atoms with Crippen molar-refractivity contribution in [3.05, 3.63) is 0 Å². The van der Waals surface area contributed by atoms with E-state index < -0.39 is 6.49 Å². The lowest BCUT2D eigenvalue weighted by atomic mass is 9.04. The maximum atomic E-state index is 5.19. The summed E-state index contributed by atoms with van der Waals surface area (Å²) in [4.78, 5) is 0. The van der Waals surface area contributed by atoms with Gasteiger partial charge in [-0.3, -0.25) is 0 Å². The molecule has 0 heterocycles. The van der Waals surface area contributed by atoms with Crippen LogP contribution in [-0.2, 0) is 0 Å². The Morgan fingerprint density at radius 1 is 1.43 bits per heavy atom. The van der Waals surface area contributed by atoms with E-state index in [0.29, 0.717) is 0 Å². The lowest BCUT2D eigenvalue weighted by molar-refractivity contribution is 1.86. The average molecular weight is 77.9 g/mol. The van der Waals surface area contributed by atoms with Crippen molar-refractivity contribution in [1.29, 1.82) is 0 Å². The second kappa shape index (κ2) is 3.40. The first-order valence-electron chi connectivity index (χ1n) is 2.00. The zero-order valence-electron chi connectivity index (χ0n) is 4.04. The maximum absolute atomic E-state index is 5.19. The third kappa shape index (κ3) is 3.02. The Morgan fingerprint density at radius 3 is 1.86 bits per heavy atom. The topological polar surface area (TPSA) is 0 Å². The Morgan fingerprint density at radius 2 is 1.86 bits per heavy atom. The van der Waals surface area contributed by atoms with Gasteiger partial charge in [0.1, 0.15) is 0 Å². The van der Waals surface area contributed by atoms with Crippen molar-refractivity contribution >= 4 is 44.7 Å². The minimum Gasteiger partial charge on any atom is -0.144 e. The summed E-state index contributed by atoms with van der Waals surface area (Å²) >= 11 is 0. The van der Waals surface area contributed by atoms with Gasteiger partial charge in [-0.2, -0.15) is 0 Å². The highest BCUT2D eigenvalue weighted by Crippen LogP contribution is 1.91. The second-order valence-corrected chi connectivity index (χ2v) is 1.35. The molecular weight excluding hydrogens is 76.9 g/mol. The van der Waals surface area contributed by atoms with Crippen LogP contribution in [0.25, 0.3) is 0 Å². The Hall–Kier alpha value is 0.390. The molecule has 0 aromatic heterocycles. The first-order valence-corrected chi connectivity index (χ1v) is 2.00. The van der Waals surface area contributed by atoms with E-state index in [-0.39, 0.29) is 5.62 Å². The lowest BCUT2D eigenvalue weighted by Crippen LogP contribution is -2.27. The van der Waals surface area contributed by atoms with E-state index in [4.69, 9.17) is 31.1 Å². The first kappa shape index (κ1) is 7.39. The van der Waals surface area contributed by atoms with Crippen molar-refractivity contribution < 1.29 is 0 Å². The molecule has 0 amide bonds. The van der Waals surface area contributed by atoms with Gasteiger partial charge in [-0.25, -0.2) is 0 Å². The van der Waals surface area contributed by atoms with E-state index in [9.17, 15) is 0 Å². The maximum Gasteiger partial charge on any atom is 0.0470 e. The molecule has 0 aliphatic heterocycles. The molecule has 0 aliphatic carbocycles. The SMILES string of the molecule is [B][B]C([B])B([B])[B]. The molecule has 6 heteroatoms. The van der Waals surface area contributed by atoms with Crippen LogP contribution < -0.4 is 0 Å². The van der Waals surface area contributed by atoms with Crippen molar-refractivity contribution in [2.45, 2.75) is 5.62 Å². The molecule has 0 spiro atoms. The molecule has 7 heavy (non-hydrogen) atoms. The van der Waals surface area contributed by atoms with Gasteiger partial charge in [0.15, 0.2) is 0 Å². The van der Waals surface area contributed by atoms with Gasteiger partial charge in [-0.1, -0.05) is 0 Å². The minimum absolute atomic E-state index is 0.389. The van der Waals surface area contributed by atoms with E-state index in [0.717, 1.165) is 0 Å². The highest BCUT2D eigenvalue weighted by Gasteiger charge is 2.03. The highest BCUT2D eigenvalue weighted by molar-refractivity contribution is 7.35. The molecule has 0 rings (SSSR count). The van der Waals surface area contributed by atoms with Gasteiger partial charge in [0.2, 0.25) is 0 Å². The summed E-state index contributed by atoms with van der Waals surface area (Å²) in [5, 5.41) is 0. The van der Waals surface area contributed by atoms with Crippen LogP contribution >= 0.6 is 0 Å². The van der Waals surface area contributed by atoms with Crippen LogP contribution in [0, 0.1) is 0 Å². The Labute approximate surface area is 51.1 Å². The predicted molar refractivity (Wildman–Crippen MR) is 38.3 cm³/mol. The molecule has 0 saturated heterocycles. The van der Waals surface area contributed by atoms with Gasteiger partial charge in [0, 0.05) is 44.7 Å². The summed E-state index contributed by atoms with van der Waals surface area (Å²) in [7, 11) is 21.6. The van der Waals surface area contributed by atoms with Gasteiger partial charge < -0.3 is 0 Å². The van der Waals surface area contributed by atoms with Crippen molar-refractivity contribution in [3.63, 3.8) is 0 Å². The molecule has 23 valence electrons. The summed E-state index contributed by atoms with van der Waals surface area (Å²) < 4.78 is 0. The largest absolute Gasteiger partial charge is 0.144 e. The van der Waals surface area contributed by atoms with Crippen molar-refractivity contribution in [1.82, 2.24) is 0 Å². The molecule has 0 aromatic rings. The average Bonchev–Trinajstić information content (AvgIpc) is 1.65. The lowest BCUT2D eigenvalue weighted by Gasteiger charge is -2.08. The fraction of sp³-hybridized carbons (Fsp3) is 1.00. The Bertz CT molecular complexity index is 41.4. The van der Waals surface area contributed by atoms with Gasteiger partial charge in [0.25, 0.3) is 0 Å². The standard InChI is InChI=1S/CHB6/c2-1(6-3)7(4)5/h1H. The molecule has 1 unspecified atom stereocenters. The van der Waals surface area contributed by atoms with Crippen LogP contribution in [0.2, 0.25) is 5.62 Å². The third-order valence-electron chi connectivity index (χ3n) is 0.667. The summed E-state index contributed by atoms with van der Waals surface area (Å²) in [5.74, 6) is 0. The van der Waals surface area contributed by atoms with Crippen LogP contribution in [0.1, 0.15) is 0 Å². The zero-order valence-corrected chi connectivity index (χ0v) is 4.04. The molecule has 0 fully saturated rings. The fourth-order valence-electron chi connectivity index (χ4n) is 0.128. The molecule has 0 nitrogen and oxygen atoms in total. The molecule has 0 aromatic carbocycles. The molecule has 1 atom stereocenters. The van der Waals surface area contributed by atoms with Crippen LogP contribution in [0.3, 0.4) is 0 Å². The molecule has 0 N–H and O–H groups in total. The second-order valence-electron chi connectivity index (χ2n) is 1.35. The summed E-state index contributed by atoms with van der Waals surface area (Å²) in [6.45, 7) is -0.537. The van der Waals surface area contributed by atoms with Gasteiger partial charge in [-0.05, 0) is 0 Å². The summed E-state index contributed by atoms with van der Waals surface area (Å²) in [6.07, 6.45) is 0. The van der Waals surface area contributed by atoms with Gasteiger partial charge in [-0.15, -0.1) is 5.62 Å². The van der Waals surface area contributed by atoms with Crippen molar-refractivity contribution in [2.24, 2.45) is 0 Å². The van der Waals surface area contributed by atoms with E-state index >= 15 is 0 Å². The number of hydrogen-bond acceptors (Lipinski definition) is 0. The smallest absolute Gasteiger partial charge is 0.0470 e. The van der Waals surface area contributed by atoms with Crippen LogP contribution in [0.15, 0.2) is 0 Å². The van der Waals surface area contributed by atoms with Crippen molar-refractivity contribution in [2.75, 3.05) is 0 Å². The van der Waals surface area contributed by atoms with Crippen LogP contribution in [0.4, 0.5) is 0 Å². The molecular formula is CHB6. The van der Waals surface area contributed by atoms with Gasteiger partial charge in [0.05, 0.1) is 0 Å². The minimum atomic E-state index is -0.537. The molecule has 9 radical (unpaired) electrons. The van der Waals surface area contributed by atoms with E-state index in [2.05, 4.69) is 0 Å². The van der Waals surface area contributed by atoms with Gasteiger partial charge >= 0.3 is 0 Å². The van der Waals surface area contributed by atoms with Crippen molar-refractivity contribution in [3.8, 4) is 0 Å². The summed E-state index contributed by atoms with van der Waals surface area (Å²) in [5.41, 5.74) is -0.389. The van der Waals surface area contributed by atoms with E-state index in [1.54, 1.807) is 0 Å². The molecule has 0 saturated carbocycles. The predicted octanol–water partition coefficient (Wildman–Crippen LogP) is -1.95. The zero-order chi connectivity index (χ0) is 5.86. The first-order chi connectivity index (χ1) is 3.18. The quantitative estimate of drug-likeness (QED) is 0.337. The van der Waals surface area contributed by atoms with E-state index in [1.165, 1.54) is 7.17 Å². The highest BCUT2D eigenvalue weighted by atomic mass is 13.4. The third-order valence-corrected chi connectivity index (χ3v) is 0.667. The normalized spacial score (nSPS) is 12.6. The Kier molecular flexibility index (Phi) is 3.59. The Balaban J connectivity index is 3.14.